The first-order chi connectivity index (χ1) is 11.6. The molecular weight excluding hydrogens is 306 g/mol. The molecule has 0 aromatic carbocycles. The minimum absolute atomic E-state index is 0.133. The van der Waals surface area contributed by atoms with Crippen LogP contribution in [0, 0.1) is 5.92 Å². The summed E-state index contributed by atoms with van der Waals surface area (Å²) in [5, 5.41) is 0. The lowest BCUT2D eigenvalue weighted by Crippen LogP contribution is -2.66. The van der Waals surface area contributed by atoms with E-state index in [2.05, 4.69) is 4.98 Å². The summed E-state index contributed by atoms with van der Waals surface area (Å²) < 4.78 is 11.8. The molecule has 24 heavy (non-hydrogen) atoms. The monoisotopic (exact) mass is 333 g/mol. The highest BCUT2D eigenvalue weighted by atomic mass is 16.5. The van der Waals surface area contributed by atoms with Gasteiger partial charge in [-0.3, -0.25) is 9.78 Å². The molecule has 0 saturated carbocycles. The minimum Gasteiger partial charge on any atom is -0.492 e. The van der Waals surface area contributed by atoms with Gasteiger partial charge in [0, 0.05) is 25.8 Å². The van der Waals surface area contributed by atoms with Crippen molar-refractivity contribution in [2.75, 3.05) is 46.9 Å². The van der Waals surface area contributed by atoms with Crippen molar-refractivity contribution in [1.82, 2.24) is 14.8 Å². The highest BCUT2D eigenvalue weighted by molar-refractivity contribution is 5.77. The van der Waals surface area contributed by atoms with Crippen LogP contribution in [0.1, 0.15) is 19.3 Å². The van der Waals surface area contributed by atoms with Crippen molar-refractivity contribution in [1.29, 1.82) is 0 Å². The molecule has 6 heteroatoms. The van der Waals surface area contributed by atoms with Gasteiger partial charge in [0.25, 0.3) is 0 Å². The molecule has 2 aliphatic rings. The molecule has 0 unspecified atom stereocenters. The number of likely N-dealkylation sites (tertiary alicyclic amines) is 1. The van der Waals surface area contributed by atoms with Gasteiger partial charge >= 0.3 is 0 Å². The van der Waals surface area contributed by atoms with Crippen LogP contribution in [0.3, 0.4) is 0 Å². The second kappa shape index (κ2) is 7.49. The Labute approximate surface area is 143 Å². The topological polar surface area (TPSA) is 54.9 Å². The van der Waals surface area contributed by atoms with Gasteiger partial charge in [-0.25, -0.2) is 0 Å². The van der Waals surface area contributed by atoms with E-state index in [9.17, 15) is 4.79 Å². The van der Waals surface area contributed by atoms with Crippen LogP contribution in [-0.2, 0) is 9.53 Å². The Kier molecular flexibility index (Phi) is 5.36. The number of nitrogens with zero attached hydrogens (tertiary/aromatic N) is 3. The Morgan fingerprint density at radius 3 is 3.04 bits per heavy atom. The van der Waals surface area contributed by atoms with Gasteiger partial charge in [0.1, 0.15) is 11.4 Å². The summed E-state index contributed by atoms with van der Waals surface area (Å²) in [5.41, 5.74) is -0.133. The molecular formula is C18H27N3O3. The van der Waals surface area contributed by atoms with Crippen molar-refractivity contribution in [2.45, 2.75) is 24.9 Å². The van der Waals surface area contributed by atoms with Crippen molar-refractivity contribution >= 4 is 5.91 Å². The van der Waals surface area contributed by atoms with Gasteiger partial charge in [0.05, 0.1) is 25.9 Å². The zero-order valence-electron chi connectivity index (χ0n) is 14.6. The number of rotatable bonds is 7. The van der Waals surface area contributed by atoms with E-state index in [1.54, 1.807) is 12.4 Å². The summed E-state index contributed by atoms with van der Waals surface area (Å²) >= 11 is 0. The minimum atomic E-state index is -0.133. The van der Waals surface area contributed by atoms with Crippen LogP contribution in [0.15, 0.2) is 24.5 Å². The molecule has 0 N–H and O–H groups in total. The smallest absolute Gasteiger partial charge is 0.224 e. The number of carbonyl (C=O) groups is 1. The van der Waals surface area contributed by atoms with Crippen LogP contribution in [-0.4, -0.2) is 73.2 Å². The molecule has 1 amide bonds. The lowest BCUT2D eigenvalue weighted by Gasteiger charge is -2.50. The summed E-state index contributed by atoms with van der Waals surface area (Å²) in [6.07, 6.45) is 6.06. The zero-order valence-corrected chi connectivity index (χ0v) is 14.6. The van der Waals surface area contributed by atoms with Crippen molar-refractivity contribution < 1.29 is 14.3 Å². The summed E-state index contributed by atoms with van der Waals surface area (Å²) in [6.45, 7) is 3.71. The average Bonchev–Trinajstić information content (AvgIpc) is 2.96. The molecule has 132 valence electrons. The number of ether oxygens (including phenoxy) is 2. The van der Waals surface area contributed by atoms with Crippen LogP contribution in [0.4, 0.5) is 0 Å². The number of hydrogen-bond donors (Lipinski definition) is 0. The van der Waals surface area contributed by atoms with E-state index >= 15 is 0 Å². The Balaban J connectivity index is 1.44. The number of aromatic nitrogens is 1. The van der Waals surface area contributed by atoms with Gasteiger partial charge in [-0.05, 0) is 45.0 Å². The van der Waals surface area contributed by atoms with E-state index in [1.807, 2.05) is 36.0 Å². The van der Waals surface area contributed by atoms with E-state index in [0.717, 1.165) is 44.8 Å². The van der Waals surface area contributed by atoms with Crippen LogP contribution in [0.5, 0.6) is 5.75 Å². The molecule has 2 saturated heterocycles. The van der Waals surface area contributed by atoms with E-state index in [0.29, 0.717) is 18.9 Å². The number of hydrogen-bond acceptors (Lipinski definition) is 5. The molecule has 1 spiro atoms. The lowest BCUT2D eigenvalue weighted by atomic mass is 9.79. The molecule has 0 bridgehead atoms. The molecule has 3 rings (SSSR count). The molecule has 0 aliphatic carbocycles. The molecule has 1 aromatic heterocycles. The normalized spacial score (nSPS) is 22.0. The van der Waals surface area contributed by atoms with Gasteiger partial charge in [-0.2, -0.15) is 0 Å². The second-order valence-corrected chi connectivity index (χ2v) is 7.03. The number of pyridine rings is 1. The predicted molar refractivity (Wildman–Crippen MR) is 90.9 cm³/mol. The highest BCUT2D eigenvalue weighted by Gasteiger charge is 2.53. The third-order valence-corrected chi connectivity index (χ3v) is 5.01. The van der Waals surface area contributed by atoms with Crippen molar-refractivity contribution in [2.24, 2.45) is 5.92 Å². The SMILES string of the molecule is CN(C)CCC(=O)N1CC2(C1)OCC[C@H]2CCOc1cccnc1. The van der Waals surface area contributed by atoms with Gasteiger partial charge in [0.15, 0.2) is 0 Å². The Morgan fingerprint density at radius 1 is 1.50 bits per heavy atom. The van der Waals surface area contributed by atoms with Crippen LogP contribution >= 0.6 is 0 Å². The summed E-state index contributed by atoms with van der Waals surface area (Å²) in [6, 6.07) is 3.79. The molecule has 1 aromatic rings. The predicted octanol–water partition coefficient (Wildman–Crippen LogP) is 1.42. The van der Waals surface area contributed by atoms with E-state index in [4.69, 9.17) is 9.47 Å². The third-order valence-electron chi connectivity index (χ3n) is 5.01. The summed E-state index contributed by atoms with van der Waals surface area (Å²) in [5.74, 6) is 1.50. The van der Waals surface area contributed by atoms with E-state index in [1.165, 1.54) is 0 Å². The average molecular weight is 333 g/mol. The standard InChI is InChI=1S/C18H27N3O3/c1-20(2)9-5-17(22)21-13-18(14-21)15(7-11-24-18)6-10-23-16-4-3-8-19-12-16/h3-4,8,12,15H,5-7,9-11,13-14H2,1-2H3/t15-/m1/s1. The molecule has 2 aliphatic heterocycles. The molecule has 3 heterocycles. The first-order valence-electron chi connectivity index (χ1n) is 8.68. The van der Waals surface area contributed by atoms with Gasteiger partial charge in [0.2, 0.25) is 5.91 Å². The number of amides is 1. The van der Waals surface area contributed by atoms with Crippen LogP contribution < -0.4 is 4.74 Å². The van der Waals surface area contributed by atoms with Crippen molar-refractivity contribution in [3.8, 4) is 5.75 Å². The molecule has 6 nitrogen and oxygen atoms in total. The van der Waals surface area contributed by atoms with Gasteiger partial charge in [-0.15, -0.1) is 0 Å². The number of carbonyl (C=O) groups excluding carboxylic acids is 1. The lowest BCUT2D eigenvalue weighted by molar-refractivity contribution is -0.166. The van der Waals surface area contributed by atoms with E-state index in [-0.39, 0.29) is 11.5 Å². The van der Waals surface area contributed by atoms with Gasteiger partial charge < -0.3 is 19.3 Å². The first kappa shape index (κ1) is 17.2. The summed E-state index contributed by atoms with van der Waals surface area (Å²) in [7, 11) is 3.98. The fourth-order valence-electron chi connectivity index (χ4n) is 3.55. The fraction of sp³-hybridized carbons (Fsp3) is 0.667. The highest BCUT2D eigenvalue weighted by Crippen LogP contribution is 2.41. The molecule has 0 radical (unpaired) electrons. The van der Waals surface area contributed by atoms with Crippen LogP contribution in [0.2, 0.25) is 0 Å². The Hall–Kier alpha value is -1.66. The van der Waals surface area contributed by atoms with Crippen LogP contribution in [0.25, 0.3) is 0 Å². The van der Waals surface area contributed by atoms with Gasteiger partial charge in [-0.1, -0.05) is 0 Å². The van der Waals surface area contributed by atoms with Crippen molar-refractivity contribution in [3.63, 3.8) is 0 Å². The quantitative estimate of drug-likeness (QED) is 0.755. The summed E-state index contributed by atoms with van der Waals surface area (Å²) in [4.78, 5) is 20.2. The first-order valence-corrected chi connectivity index (χ1v) is 8.68. The Morgan fingerprint density at radius 2 is 2.33 bits per heavy atom. The maximum Gasteiger partial charge on any atom is 0.224 e. The maximum absolute atomic E-state index is 12.2. The van der Waals surface area contributed by atoms with Crippen molar-refractivity contribution in [3.05, 3.63) is 24.5 Å². The van der Waals surface area contributed by atoms with E-state index < -0.39 is 0 Å². The fourth-order valence-corrected chi connectivity index (χ4v) is 3.55. The molecule has 1 atom stereocenters. The second-order valence-electron chi connectivity index (χ2n) is 7.03. The zero-order chi connectivity index (χ0) is 17.0. The third kappa shape index (κ3) is 3.87. The Bertz CT molecular complexity index is 544. The maximum atomic E-state index is 12.2. The molecule has 2 fully saturated rings. The largest absolute Gasteiger partial charge is 0.492 e.